The van der Waals surface area contributed by atoms with E-state index in [0.29, 0.717) is 5.57 Å². The molecular weight excluding hydrogens is 472 g/mol. The summed E-state index contributed by atoms with van der Waals surface area (Å²) in [6.07, 6.45) is 3.90. The molecule has 160 valence electrons. The van der Waals surface area contributed by atoms with Gasteiger partial charge < -0.3 is 5.32 Å². The Morgan fingerprint density at radius 3 is 1.97 bits per heavy atom. The molecule has 4 aromatic carbocycles. The van der Waals surface area contributed by atoms with Crippen LogP contribution in [0.25, 0.3) is 11.8 Å². The third kappa shape index (κ3) is 4.66. The summed E-state index contributed by atoms with van der Waals surface area (Å²) in [7, 11) is 0. The van der Waals surface area contributed by atoms with Gasteiger partial charge in [-0.25, -0.2) is 0 Å². The van der Waals surface area contributed by atoms with Crippen LogP contribution in [0.3, 0.4) is 0 Å². The lowest BCUT2D eigenvalue weighted by Gasteiger charge is -2.21. The first-order valence-corrected chi connectivity index (χ1v) is 11.5. The van der Waals surface area contributed by atoms with E-state index in [1.165, 1.54) is 0 Å². The van der Waals surface area contributed by atoms with E-state index >= 15 is 0 Å². The van der Waals surface area contributed by atoms with Gasteiger partial charge in [0.25, 0.3) is 5.91 Å². The van der Waals surface area contributed by atoms with Crippen molar-refractivity contribution in [2.45, 2.75) is 0 Å². The van der Waals surface area contributed by atoms with Crippen molar-refractivity contribution in [2.75, 3.05) is 10.2 Å². The zero-order chi connectivity index (χ0) is 22.6. The number of hydrogen-bond acceptors (Lipinski definition) is 2. The van der Waals surface area contributed by atoms with Gasteiger partial charge in [0.05, 0.1) is 5.70 Å². The van der Waals surface area contributed by atoms with Crippen LogP contribution in [0.4, 0.5) is 17.1 Å². The van der Waals surface area contributed by atoms with E-state index < -0.39 is 0 Å². The highest BCUT2D eigenvalue weighted by atomic mass is 79.9. The molecule has 0 unspecified atom stereocenters. The van der Waals surface area contributed by atoms with Crippen molar-refractivity contribution in [3.8, 4) is 0 Å². The first-order chi connectivity index (χ1) is 16.2. The van der Waals surface area contributed by atoms with Gasteiger partial charge in [-0.2, -0.15) is 0 Å². The number of halogens is 1. The second-order valence-corrected chi connectivity index (χ2v) is 8.64. The van der Waals surface area contributed by atoms with Gasteiger partial charge in [0.2, 0.25) is 0 Å². The summed E-state index contributed by atoms with van der Waals surface area (Å²) < 4.78 is 1.01. The second-order valence-electron chi connectivity index (χ2n) is 7.73. The average molecular weight is 493 g/mol. The molecule has 3 nitrogen and oxygen atoms in total. The van der Waals surface area contributed by atoms with E-state index in [1.807, 2.05) is 121 Å². The largest absolute Gasteiger partial charge is 0.356 e. The van der Waals surface area contributed by atoms with Crippen LogP contribution in [0.2, 0.25) is 0 Å². The van der Waals surface area contributed by atoms with Crippen molar-refractivity contribution in [1.29, 1.82) is 0 Å². The van der Waals surface area contributed by atoms with Crippen molar-refractivity contribution >= 4 is 50.7 Å². The molecule has 0 radical (unpaired) electrons. The quantitative estimate of drug-likeness (QED) is 0.290. The molecule has 0 spiro atoms. The summed E-state index contributed by atoms with van der Waals surface area (Å²) in [6.45, 7) is 0. The standard InChI is InChI=1S/C29H21BrN2O/c30-24-13-11-21(12-14-24)19-23-20-28(22-7-3-1-4-8-22)32(29(23)33)27-17-15-26(16-18-27)31-25-9-5-2-6-10-25/h1-20,31H. The number of anilines is 3. The molecule has 1 amide bonds. The molecule has 1 heterocycles. The Morgan fingerprint density at radius 2 is 1.30 bits per heavy atom. The lowest BCUT2D eigenvalue weighted by atomic mass is 10.1. The molecule has 4 aromatic rings. The molecule has 1 aliphatic heterocycles. The first-order valence-electron chi connectivity index (χ1n) is 10.7. The molecule has 0 atom stereocenters. The molecule has 5 rings (SSSR count). The number of rotatable bonds is 5. The summed E-state index contributed by atoms with van der Waals surface area (Å²) in [4.78, 5) is 15.3. The van der Waals surface area contributed by atoms with Crippen LogP contribution in [0.15, 0.2) is 125 Å². The topological polar surface area (TPSA) is 32.3 Å². The predicted octanol–water partition coefficient (Wildman–Crippen LogP) is 7.66. The molecule has 0 saturated heterocycles. The fraction of sp³-hybridized carbons (Fsp3) is 0. The maximum absolute atomic E-state index is 13.5. The minimum absolute atomic E-state index is 0.0412. The Bertz CT molecular complexity index is 1330. The van der Waals surface area contributed by atoms with Gasteiger partial charge in [0.1, 0.15) is 0 Å². The number of amides is 1. The molecule has 33 heavy (non-hydrogen) atoms. The van der Waals surface area contributed by atoms with E-state index in [0.717, 1.165) is 38.4 Å². The van der Waals surface area contributed by atoms with Gasteiger partial charge in [-0.15, -0.1) is 0 Å². The maximum atomic E-state index is 13.5. The van der Waals surface area contributed by atoms with Crippen LogP contribution in [-0.2, 0) is 4.79 Å². The number of benzene rings is 4. The van der Waals surface area contributed by atoms with Gasteiger partial charge in [0.15, 0.2) is 0 Å². The van der Waals surface area contributed by atoms with Crippen LogP contribution in [-0.4, -0.2) is 5.91 Å². The van der Waals surface area contributed by atoms with E-state index in [2.05, 4.69) is 21.2 Å². The summed E-state index contributed by atoms with van der Waals surface area (Å²) in [5, 5.41) is 3.39. The highest BCUT2D eigenvalue weighted by molar-refractivity contribution is 9.10. The van der Waals surface area contributed by atoms with Gasteiger partial charge in [-0.05, 0) is 71.8 Å². The molecule has 1 N–H and O–H groups in total. The number of nitrogens with zero attached hydrogens (tertiary/aromatic N) is 1. The molecule has 0 bridgehead atoms. The van der Waals surface area contributed by atoms with Gasteiger partial charge in [-0.1, -0.05) is 76.6 Å². The summed E-state index contributed by atoms with van der Waals surface area (Å²) in [6, 6.07) is 35.9. The van der Waals surface area contributed by atoms with E-state index in [9.17, 15) is 4.79 Å². The molecule has 0 fully saturated rings. The Morgan fingerprint density at radius 1 is 0.697 bits per heavy atom. The fourth-order valence-electron chi connectivity index (χ4n) is 3.81. The molecule has 1 aliphatic rings. The summed E-state index contributed by atoms with van der Waals surface area (Å²) >= 11 is 3.46. The highest BCUT2D eigenvalue weighted by Crippen LogP contribution is 2.36. The minimum Gasteiger partial charge on any atom is -0.356 e. The smallest absolute Gasteiger partial charge is 0.262 e. The monoisotopic (exact) mass is 492 g/mol. The molecular formula is C29H21BrN2O. The van der Waals surface area contributed by atoms with E-state index in [1.54, 1.807) is 4.90 Å². The van der Waals surface area contributed by atoms with Crippen molar-refractivity contribution in [1.82, 2.24) is 0 Å². The van der Waals surface area contributed by atoms with Crippen LogP contribution >= 0.6 is 15.9 Å². The van der Waals surface area contributed by atoms with Crippen molar-refractivity contribution in [3.05, 3.63) is 136 Å². The number of carbonyl (C=O) groups is 1. The lowest BCUT2D eigenvalue weighted by Crippen LogP contribution is -2.24. The normalized spacial score (nSPS) is 14.5. The van der Waals surface area contributed by atoms with Crippen LogP contribution in [0, 0.1) is 0 Å². The van der Waals surface area contributed by atoms with Crippen molar-refractivity contribution in [3.63, 3.8) is 0 Å². The van der Waals surface area contributed by atoms with Crippen molar-refractivity contribution in [2.24, 2.45) is 0 Å². The number of para-hydroxylation sites is 1. The summed E-state index contributed by atoms with van der Waals surface area (Å²) in [5.41, 5.74) is 6.31. The van der Waals surface area contributed by atoms with E-state index in [-0.39, 0.29) is 5.91 Å². The Kier molecular flexibility index (Phi) is 5.92. The molecule has 0 saturated carbocycles. The molecule has 0 aliphatic carbocycles. The van der Waals surface area contributed by atoms with Gasteiger partial charge >= 0.3 is 0 Å². The number of carbonyl (C=O) groups excluding carboxylic acids is 1. The Hall–Kier alpha value is -3.89. The highest BCUT2D eigenvalue weighted by Gasteiger charge is 2.30. The van der Waals surface area contributed by atoms with E-state index in [4.69, 9.17) is 0 Å². The number of hydrogen-bond donors (Lipinski definition) is 1. The third-order valence-corrected chi connectivity index (χ3v) is 5.96. The third-order valence-electron chi connectivity index (χ3n) is 5.43. The molecule has 0 aromatic heterocycles. The van der Waals surface area contributed by atoms with Crippen LogP contribution in [0.5, 0.6) is 0 Å². The van der Waals surface area contributed by atoms with Gasteiger partial charge in [0, 0.05) is 27.1 Å². The minimum atomic E-state index is -0.0412. The number of nitrogens with one attached hydrogen (secondary N) is 1. The lowest BCUT2D eigenvalue weighted by molar-refractivity contribution is -0.113. The Labute approximate surface area is 201 Å². The van der Waals surface area contributed by atoms with Gasteiger partial charge in [-0.3, -0.25) is 9.69 Å². The van der Waals surface area contributed by atoms with Crippen LogP contribution < -0.4 is 10.2 Å². The molecule has 4 heteroatoms. The summed E-state index contributed by atoms with van der Waals surface area (Å²) in [5.74, 6) is -0.0412. The fourth-order valence-corrected chi connectivity index (χ4v) is 4.08. The zero-order valence-corrected chi connectivity index (χ0v) is 19.4. The zero-order valence-electron chi connectivity index (χ0n) is 17.8. The van der Waals surface area contributed by atoms with Crippen LogP contribution in [0.1, 0.15) is 11.1 Å². The maximum Gasteiger partial charge on any atom is 0.262 e. The SMILES string of the molecule is O=C1C(=Cc2ccc(Br)cc2)C=C(c2ccccc2)N1c1ccc(Nc2ccccc2)cc1. The Balaban J connectivity index is 1.49. The first kappa shape index (κ1) is 21.0. The predicted molar refractivity (Wildman–Crippen MR) is 140 cm³/mol. The van der Waals surface area contributed by atoms with Crippen molar-refractivity contribution < 1.29 is 4.79 Å². The second kappa shape index (κ2) is 9.31. The average Bonchev–Trinajstić information content (AvgIpc) is 3.18.